The van der Waals surface area contributed by atoms with Crippen LogP contribution in [0.5, 0.6) is 0 Å². The summed E-state index contributed by atoms with van der Waals surface area (Å²) in [4.78, 5) is 0. The fourth-order valence-electron chi connectivity index (χ4n) is 2.01. The van der Waals surface area contributed by atoms with Crippen molar-refractivity contribution in [2.45, 2.75) is 27.7 Å². The van der Waals surface area contributed by atoms with Crippen molar-refractivity contribution >= 4 is 11.8 Å². The van der Waals surface area contributed by atoms with Gasteiger partial charge >= 0.3 is 16.5 Å². The Hall–Kier alpha value is -1.15. The number of benzene rings is 2. The van der Waals surface area contributed by atoms with Crippen LogP contribution in [-0.4, -0.2) is 0 Å². The number of hydrogen-bond donors (Lipinski definition) is 0. The van der Waals surface area contributed by atoms with E-state index in [-0.39, 0.29) is 41.3 Å². The first-order valence-electron chi connectivity index (χ1n) is 6.79. The van der Waals surface area contributed by atoms with Crippen LogP contribution in [0.15, 0.2) is 52.8 Å². The second-order valence-corrected chi connectivity index (χ2v) is 5.04. The zero-order chi connectivity index (χ0) is 14.5. The summed E-state index contributed by atoms with van der Waals surface area (Å²) < 4.78 is 0. The molecule has 0 aliphatic carbocycles. The number of halogens is 2. The maximum atomic E-state index is 4.27. The van der Waals surface area contributed by atoms with Gasteiger partial charge in [-0.05, 0) is 67.7 Å². The SMILES string of the molecule is Cc1cccc(C=CN=Nc2cccc(C)c2C)c1C.[Cl-].[Cl-].[Ni+2]. The first-order chi connectivity index (χ1) is 9.59. The molecular weight excluding hydrogens is 374 g/mol. The minimum absolute atomic E-state index is 0. The molecule has 126 valence electrons. The van der Waals surface area contributed by atoms with E-state index in [1.165, 1.54) is 27.8 Å². The largest absolute Gasteiger partial charge is 2.00 e. The van der Waals surface area contributed by atoms with Crippen LogP contribution in [0, 0.1) is 27.7 Å². The molecule has 0 amide bonds. The van der Waals surface area contributed by atoms with Gasteiger partial charge in [-0.1, -0.05) is 30.3 Å². The Morgan fingerprint density at radius 1 is 0.783 bits per heavy atom. The van der Waals surface area contributed by atoms with E-state index in [4.69, 9.17) is 0 Å². The van der Waals surface area contributed by atoms with E-state index in [9.17, 15) is 0 Å². The summed E-state index contributed by atoms with van der Waals surface area (Å²) in [5.41, 5.74) is 7.10. The Bertz CT molecular complexity index is 623. The van der Waals surface area contributed by atoms with E-state index < -0.39 is 0 Å². The summed E-state index contributed by atoms with van der Waals surface area (Å²) >= 11 is 0. The van der Waals surface area contributed by atoms with Crippen molar-refractivity contribution in [3.63, 3.8) is 0 Å². The molecule has 0 bridgehead atoms. The van der Waals surface area contributed by atoms with Crippen LogP contribution in [0.2, 0.25) is 0 Å². The van der Waals surface area contributed by atoms with Crippen molar-refractivity contribution in [3.8, 4) is 0 Å². The van der Waals surface area contributed by atoms with Gasteiger partial charge in [0.1, 0.15) is 0 Å². The van der Waals surface area contributed by atoms with Crippen molar-refractivity contribution in [1.29, 1.82) is 0 Å². The second-order valence-electron chi connectivity index (χ2n) is 5.04. The van der Waals surface area contributed by atoms with Crippen LogP contribution in [0.1, 0.15) is 27.8 Å². The molecule has 0 aliphatic heterocycles. The van der Waals surface area contributed by atoms with E-state index in [1.807, 2.05) is 18.2 Å². The maximum absolute atomic E-state index is 4.27. The van der Waals surface area contributed by atoms with Gasteiger partial charge in [0.2, 0.25) is 0 Å². The molecule has 2 rings (SSSR count). The molecule has 0 fully saturated rings. The molecule has 5 heteroatoms. The minimum atomic E-state index is 0. The molecule has 0 saturated heterocycles. The molecule has 0 N–H and O–H groups in total. The molecule has 0 heterocycles. The van der Waals surface area contributed by atoms with E-state index in [2.05, 4.69) is 62.2 Å². The molecule has 2 nitrogen and oxygen atoms in total. The van der Waals surface area contributed by atoms with Crippen LogP contribution >= 0.6 is 0 Å². The molecule has 0 aliphatic rings. The van der Waals surface area contributed by atoms with E-state index in [1.54, 1.807) is 6.20 Å². The molecule has 0 radical (unpaired) electrons. The minimum Gasteiger partial charge on any atom is -1.00 e. The van der Waals surface area contributed by atoms with E-state index in [0.717, 1.165) is 5.69 Å². The molecule has 0 saturated carbocycles. The Morgan fingerprint density at radius 2 is 1.35 bits per heavy atom. The van der Waals surface area contributed by atoms with Gasteiger partial charge in [0, 0.05) is 0 Å². The summed E-state index contributed by atoms with van der Waals surface area (Å²) in [7, 11) is 0. The first kappa shape index (κ1) is 24.1. The third-order valence-corrected chi connectivity index (χ3v) is 3.71. The van der Waals surface area contributed by atoms with Crippen molar-refractivity contribution < 1.29 is 41.3 Å². The van der Waals surface area contributed by atoms with Crippen LogP contribution in [0.3, 0.4) is 0 Å². The Morgan fingerprint density at radius 3 is 2.00 bits per heavy atom. The normalized spacial score (nSPS) is 10.1. The Balaban J connectivity index is 0. The second kappa shape index (κ2) is 11.4. The van der Waals surface area contributed by atoms with Gasteiger partial charge in [-0.3, -0.25) is 0 Å². The maximum Gasteiger partial charge on any atom is 2.00 e. The van der Waals surface area contributed by atoms with Crippen molar-refractivity contribution in [1.82, 2.24) is 0 Å². The molecule has 2 aromatic carbocycles. The van der Waals surface area contributed by atoms with Crippen molar-refractivity contribution in [3.05, 3.63) is 70.4 Å². The fraction of sp³-hybridized carbons (Fsp3) is 0.222. The fourth-order valence-corrected chi connectivity index (χ4v) is 2.01. The summed E-state index contributed by atoms with van der Waals surface area (Å²) in [6.07, 6.45) is 3.75. The zero-order valence-corrected chi connectivity index (χ0v) is 16.1. The standard InChI is InChI=1S/C18H20N2.2ClH.Ni/c1-13-7-5-9-17(15(13)3)11-12-19-20-18-10-6-8-14(2)16(18)4;;;/h5-12H,1-4H3;2*1H;/q;;;+2/p-2. The molecule has 0 aromatic heterocycles. The van der Waals surface area contributed by atoms with Crippen LogP contribution in [0.4, 0.5) is 5.69 Å². The smallest absolute Gasteiger partial charge is 1.00 e. The Kier molecular flexibility index (Phi) is 11.9. The van der Waals surface area contributed by atoms with Gasteiger partial charge in [-0.15, -0.1) is 0 Å². The third-order valence-electron chi connectivity index (χ3n) is 3.71. The predicted molar refractivity (Wildman–Crippen MR) is 85.4 cm³/mol. The summed E-state index contributed by atoms with van der Waals surface area (Å²) in [6.45, 7) is 8.39. The van der Waals surface area contributed by atoms with Crippen LogP contribution in [-0.2, 0) is 16.5 Å². The molecular formula is C18H20Cl2N2Ni. The molecule has 0 spiro atoms. The van der Waals surface area contributed by atoms with Crippen molar-refractivity contribution in [2.75, 3.05) is 0 Å². The molecule has 0 unspecified atom stereocenters. The summed E-state index contributed by atoms with van der Waals surface area (Å²) in [5.74, 6) is 0. The van der Waals surface area contributed by atoms with Crippen LogP contribution < -0.4 is 24.8 Å². The predicted octanol–water partition coefficient (Wildman–Crippen LogP) is -0.320. The van der Waals surface area contributed by atoms with Gasteiger partial charge in [0.25, 0.3) is 0 Å². The third kappa shape index (κ3) is 6.47. The van der Waals surface area contributed by atoms with Crippen molar-refractivity contribution in [2.24, 2.45) is 10.2 Å². The number of azo groups is 1. The number of hydrogen-bond acceptors (Lipinski definition) is 2. The van der Waals surface area contributed by atoms with E-state index >= 15 is 0 Å². The molecule has 0 atom stereocenters. The number of nitrogens with zero attached hydrogens (tertiary/aromatic N) is 2. The summed E-state index contributed by atoms with van der Waals surface area (Å²) in [6, 6.07) is 12.3. The first-order valence-corrected chi connectivity index (χ1v) is 6.79. The number of rotatable bonds is 3. The van der Waals surface area contributed by atoms with Gasteiger partial charge in [0.05, 0.1) is 11.9 Å². The quantitative estimate of drug-likeness (QED) is 0.504. The van der Waals surface area contributed by atoms with Gasteiger partial charge in [-0.2, -0.15) is 10.2 Å². The van der Waals surface area contributed by atoms with Gasteiger partial charge in [0.15, 0.2) is 0 Å². The Labute approximate surface area is 161 Å². The average molecular weight is 394 g/mol. The monoisotopic (exact) mass is 392 g/mol. The van der Waals surface area contributed by atoms with Gasteiger partial charge < -0.3 is 24.8 Å². The molecule has 23 heavy (non-hydrogen) atoms. The number of aryl methyl sites for hydroxylation is 2. The van der Waals surface area contributed by atoms with E-state index in [0.29, 0.717) is 0 Å². The van der Waals surface area contributed by atoms with Gasteiger partial charge in [-0.25, -0.2) is 0 Å². The average Bonchev–Trinajstić information content (AvgIpc) is 2.43. The van der Waals surface area contributed by atoms with Crippen LogP contribution in [0.25, 0.3) is 6.08 Å². The zero-order valence-electron chi connectivity index (χ0n) is 13.6. The molecule has 2 aromatic rings. The topological polar surface area (TPSA) is 24.7 Å². The summed E-state index contributed by atoms with van der Waals surface area (Å²) in [5, 5.41) is 8.43.